The minimum atomic E-state index is -0.799. The summed E-state index contributed by atoms with van der Waals surface area (Å²) in [5.41, 5.74) is -0.554. The molecule has 0 spiro atoms. The second-order valence-corrected chi connectivity index (χ2v) is 8.48. The van der Waals surface area contributed by atoms with Crippen LogP contribution in [0.4, 0.5) is 0 Å². The molecule has 1 aliphatic carbocycles. The van der Waals surface area contributed by atoms with Gasteiger partial charge >= 0.3 is 5.97 Å². The van der Waals surface area contributed by atoms with Gasteiger partial charge in [0.1, 0.15) is 22.8 Å². The molecule has 1 aliphatic rings. The molecular weight excluding hydrogens is 436 g/mol. The number of phenolic OH excluding ortho intramolecular Hbond substituents is 1. The van der Waals surface area contributed by atoms with Gasteiger partial charge in [-0.05, 0) is 38.1 Å². The van der Waals surface area contributed by atoms with Gasteiger partial charge in [0.25, 0.3) is 0 Å². The van der Waals surface area contributed by atoms with E-state index in [4.69, 9.17) is 30.5 Å². The normalized spacial score (nSPS) is 18.2. The number of rotatable bonds is 8. The lowest BCUT2D eigenvalue weighted by atomic mass is 9.70. The highest BCUT2D eigenvalue weighted by Gasteiger charge is 2.47. The number of aromatic hydroxyl groups is 1. The summed E-state index contributed by atoms with van der Waals surface area (Å²) in [5.74, 6) is -0.891. The van der Waals surface area contributed by atoms with Crippen molar-refractivity contribution in [3.8, 4) is 5.75 Å². The Labute approximate surface area is 193 Å². The van der Waals surface area contributed by atoms with Crippen molar-refractivity contribution in [1.29, 1.82) is 0 Å². The van der Waals surface area contributed by atoms with Crippen molar-refractivity contribution in [3.63, 3.8) is 0 Å². The highest BCUT2D eigenvalue weighted by atomic mass is 35.5. The molecular formula is C24H29ClO7. The molecule has 0 radical (unpaired) electrons. The van der Waals surface area contributed by atoms with Crippen LogP contribution in [0.2, 0.25) is 5.02 Å². The maximum absolute atomic E-state index is 12.9. The smallest absolute Gasteiger partial charge is 0.345 e. The lowest BCUT2D eigenvalue weighted by molar-refractivity contribution is -0.143. The zero-order valence-corrected chi connectivity index (χ0v) is 20.1. The van der Waals surface area contributed by atoms with E-state index in [2.05, 4.69) is 0 Å². The predicted molar refractivity (Wildman–Crippen MR) is 120 cm³/mol. The Kier molecular flexibility index (Phi) is 8.02. The van der Waals surface area contributed by atoms with Gasteiger partial charge < -0.3 is 24.1 Å². The molecule has 1 N–H and O–H groups in total. The number of hydrogen-bond donors (Lipinski definition) is 1. The molecule has 0 aromatic heterocycles. The van der Waals surface area contributed by atoms with Crippen LogP contribution in [0.3, 0.4) is 0 Å². The third kappa shape index (κ3) is 4.93. The third-order valence-electron chi connectivity index (χ3n) is 5.16. The summed E-state index contributed by atoms with van der Waals surface area (Å²) in [5, 5.41) is 10.4. The second kappa shape index (κ2) is 10.1. The molecule has 1 aromatic rings. The van der Waals surface area contributed by atoms with Gasteiger partial charge in [0.15, 0.2) is 11.5 Å². The first-order valence-corrected chi connectivity index (χ1v) is 10.4. The summed E-state index contributed by atoms with van der Waals surface area (Å²) in [7, 11) is 4.34. The van der Waals surface area contributed by atoms with E-state index in [0.717, 1.165) is 0 Å². The molecule has 1 unspecified atom stereocenters. The van der Waals surface area contributed by atoms with E-state index in [9.17, 15) is 14.7 Å². The Bertz CT molecular complexity index is 986. The van der Waals surface area contributed by atoms with Crippen LogP contribution in [0.15, 0.2) is 53.2 Å². The number of esters is 1. The number of allylic oxidation sites excluding steroid dienone is 3. The Morgan fingerprint density at radius 1 is 1.12 bits per heavy atom. The Hall–Kier alpha value is -2.93. The van der Waals surface area contributed by atoms with Crippen LogP contribution in [0.5, 0.6) is 5.75 Å². The molecule has 0 aliphatic heterocycles. The Morgan fingerprint density at radius 3 is 2.28 bits per heavy atom. The van der Waals surface area contributed by atoms with Crippen molar-refractivity contribution in [2.45, 2.75) is 33.8 Å². The Morgan fingerprint density at radius 2 is 1.78 bits per heavy atom. The van der Waals surface area contributed by atoms with E-state index in [1.54, 1.807) is 19.9 Å². The topological polar surface area (TPSA) is 91.3 Å². The molecule has 32 heavy (non-hydrogen) atoms. The number of phenols is 1. The number of ketones is 1. The molecule has 8 heteroatoms. The number of carbonyl (C=O) groups is 2. The van der Waals surface area contributed by atoms with Gasteiger partial charge in [0, 0.05) is 10.4 Å². The first-order chi connectivity index (χ1) is 15.0. The lowest BCUT2D eigenvalue weighted by Gasteiger charge is -2.40. The summed E-state index contributed by atoms with van der Waals surface area (Å²) in [6.07, 6.45) is 2.63. The summed E-state index contributed by atoms with van der Waals surface area (Å²) >= 11 is 5.85. The summed E-state index contributed by atoms with van der Waals surface area (Å²) < 4.78 is 22.2. The van der Waals surface area contributed by atoms with Crippen molar-refractivity contribution < 1.29 is 33.6 Å². The molecule has 1 atom stereocenters. The summed E-state index contributed by atoms with van der Waals surface area (Å²) in [6.45, 7) is 7.21. The van der Waals surface area contributed by atoms with Crippen molar-refractivity contribution in [2.24, 2.45) is 11.3 Å². The molecule has 0 saturated carbocycles. The van der Waals surface area contributed by atoms with Crippen molar-refractivity contribution >= 4 is 23.4 Å². The molecule has 0 heterocycles. The molecule has 0 bridgehead atoms. The summed E-state index contributed by atoms with van der Waals surface area (Å²) in [6, 6.07) is 4.27. The molecule has 0 fully saturated rings. The zero-order chi connectivity index (χ0) is 24.2. The van der Waals surface area contributed by atoms with Crippen LogP contribution in [0.1, 0.15) is 38.1 Å². The number of hydrogen-bond acceptors (Lipinski definition) is 7. The second-order valence-electron chi connectivity index (χ2n) is 8.05. The van der Waals surface area contributed by atoms with Crippen molar-refractivity contribution in [3.05, 3.63) is 63.8 Å². The van der Waals surface area contributed by atoms with E-state index in [0.29, 0.717) is 16.5 Å². The standard InChI is InChI=1S/C24H29ClO7/c1-13(2)32-23(28)19-21(30-6)20(29-5)16(24(3,4)22(19)31-7)10-11-17(26)15-9-8-14(25)12-18(15)27/h8-13,16,27H,1-7H3. The van der Waals surface area contributed by atoms with Crippen LogP contribution in [0.25, 0.3) is 0 Å². The monoisotopic (exact) mass is 464 g/mol. The molecule has 2 rings (SSSR count). The number of carbonyl (C=O) groups excluding carboxylic acids is 2. The minimum Gasteiger partial charge on any atom is -0.507 e. The fraction of sp³-hybridized carbons (Fsp3) is 0.417. The maximum atomic E-state index is 12.9. The SMILES string of the molecule is COC1=C(OC)C(C=CC(=O)c2ccc(Cl)cc2O)C(C)(C)C(OC)=C1C(=O)OC(C)C. The van der Waals surface area contributed by atoms with E-state index in [-0.39, 0.29) is 28.7 Å². The highest BCUT2D eigenvalue weighted by molar-refractivity contribution is 6.31. The number of methoxy groups -OCH3 is 3. The fourth-order valence-electron chi connectivity index (χ4n) is 3.72. The minimum absolute atomic E-state index is 0.109. The van der Waals surface area contributed by atoms with Gasteiger partial charge in [-0.1, -0.05) is 31.5 Å². The summed E-state index contributed by atoms with van der Waals surface area (Å²) in [4.78, 5) is 25.6. The van der Waals surface area contributed by atoms with Gasteiger partial charge in [0.2, 0.25) is 0 Å². The first-order valence-electron chi connectivity index (χ1n) is 10.0. The van der Waals surface area contributed by atoms with E-state index in [1.807, 2.05) is 13.8 Å². The van der Waals surface area contributed by atoms with Gasteiger partial charge in [-0.25, -0.2) is 4.79 Å². The lowest BCUT2D eigenvalue weighted by Crippen LogP contribution is -2.36. The quantitative estimate of drug-likeness (QED) is 0.335. The Balaban J connectivity index is 2.57. The molecule has 7 nitrogen and oxygen atoms in total. The number of ether oxygens (including phenoxy) is 4. The van der Waals surface area contributed by atoms with E-state index < -0.39 is 23.1 Å². The van der Waals surface area contributed by atoms with Crippen LogP contribution >= 0.6 is 11.6 Å². The van der Waals surface area contributed by atoms with Crippen molar-refractivity contribution in [1.82, 2.24) is 0 Å². The highest BCUT2D eigenvalue weighted by Crippen LogP contribution is 2.49. The molecule has 1 aromatic carbocycles. The van der Waals surface area contributed by atoms with Crippen LogP contribution < -0.4 is 0 Å². The first kappa shape index (κ1) is 25.3. The number of halogens is 1. The number of benzene rings is 1. The maximum Gasteiger partial charge on any atom is 0.345 e. The fourth-order valence-corrected chi connectivity index (χ4v) is 3.89. The van der Waals surface area contributed by atoms with E-state index >= 15 is 0 Å². The van der Waals surface area contributed by atoms with Crippen LogP contribution in [-0.2, 0) is 23.7 Å². The largest absolute Gasteiger partial charge is 0.507 e. The molecule has 0 saturated heterocycles. The average molecular weight is 465 g/mol. The van der Waals surface area contributed by atoms with Crippen LogP contribution in [-0.4, -0.2) is 44.3 Å². The van der Waals surface area contributed by atoms with Crippen molar-refractivity contribution in [2.75, 3.05) is 21.3 Å². The van der Waals surface area contributed by atoms with Gasteiger partial charge in [0.05, 0.1) is 38.9 Å². The predicted octanol–water partition coefficient (Wildman–Crippen LogP) is 4.80. The van der Waals surface area contributed by atoms with Gasteiger partial charge in [-0.3, -0.25) is 4.79 Å². The third-order valence-corrected chi connectivity index (χ3v) is 5.40. The van der Waals surface area contributed by atoms with E-state index in [1.165, 1.54) is 45.6 Å². The van der Waals surface area contributed by atoms with Crippen LogP contribution in [0, 0.1) is 11.3 Å². The molecule has 174 valence electrons. The van der Waals surface area contributed by atoms with Gasteiger partial charge in [-0.2, -0.15) is 0 Å². The average Bonchev–Trinajstić information content (AvgIpc) is 2.70. The molecule has 0 amide bonds. The zero-order valence-electron chi connectivity index (χ0n) is 19.3. The van der Waals surface area contributed by atoms with Gasteiger partial charge in [-0.15, -0.1) is 0 Å².